The molecule has 0 amide bonds. The van der Waals surface area contributed by atoms with Gasteiger partial charge in [-0.3, -0.25) is 0 Å². The van der Waals surface area contributed by atoms with Crippen molar-refractivity contribution in [3.05, 3.63) is 18.5 Å². The van der Waals surface area contributed by atoms with E-state index in [0.29, 0.717) is 0 Å². The second kappa shape index (κ2) is 5.18. The van der Waals surface area contributed by atoms with Crippen LogP contribution in [0.15, 0.2) is 18.5 Å². The van der Waals surface area contributed by atoms with Crippen LogP contribution in [-0.4, -0.2) is 51.7 Å². The van der Waals surface area contributed by atoms with Crippen molar-refractivity contribution in [1.82, 2.24) is 24.7 Å². The Balaban J connectivity index is 2.14. The first kappa shape index (κ1) is 13.2. The third-order valence-electron chi connectivity index (χ3n) is 2.11. The maximum Gasteiger partial charge on any atom is 0.257 e. The molecule has 3 N–H and O–H groups in total. The van der Waals surface area contributed by atoms with Crippen molar-refractivity contribution in [1.29, 1.82) is 0 Å². The highest BCUT2D eigenvalue weighted by molar-refractivity contribution is 7.90. The Labute approximate surface area is 109 Å². The SMILES string of the molecule is CS(=O)(=O)CCNc1nc(N)nc(-n2cccn2)n1. The summed E-state index contributed by atoms with van der Waals surface area (Å²) in [4.78, 5) is 11.9. The zero-order valence-corrected chi connectivity index (χ0v) is 11.0. The van der Waals surface area contributed by atoms with Crippen molar-refractivity contribution < 1.29 is 8.42 Å². The summed E-state index contributed by atoms with van der Waals surface area (Å²) in [6.07, 6.45) is 4.40. The van der Waals surface area contributed by atoms with Crippen LogP contribution in [0.3, 0.4) is 0 Å². The van der Waals surface area contributed by atoms with E-state index in [1.165, 1.54) is 4.68 Å². The van der Waals surface area contributed by atoms with Gasteiger partial charge in [0, 0.05) is 25.2 Å². The molecule has 0 bridgehead atoms. The quantitative estimate of drug-likeness (QED) is 0.722. The first-order chi connectivity index (χ1) is 8.94. The van der Waals surface area contributed by atoms with Crippen LogP contribution < -0.4 is 11.1 Å². The van der Waals surface area contributed by atoms with Crippen molar-refractivity contribution in [2.45, 2.75) is 0 Å². The highest BCUT2D eigenvalue weighted by Gasteiger charge is 2.07. The summed E-state index contributed by atoms with van der Waals surface area (Å²) in [6.45, 7) is 0.195. The largest absolute Gasteiger partial charge is 0.368 e. The van der Waals surface area contributed by atoms with Crippen LogP contribution in [0.5, 0.6) is 0 Å². The Kier molecular flexibility index (Phi) is 3.60. The van der Waals surface area contributed by atoms with Gasteiger partial charge >= 0.3 is 0 Å². The average molecular weight is 283 g/mol. The van der Waals surface area contributed by atoms with Crippen LogP contribution in [0.1, 0.15) is 0 Å². The third-order valence-corrected chi connectivity index (χ3v) is 3.05. The lowest BCUT2D eigenvalue weighted by atomic mass is 10.7. The minimum atomic E-state index is -3.04. The lowest BCUT2D eigenvalue weighted by Gasteiger charge is -2.06. The van der Waals surface area contributed by atoms with Crippen LogP contribution in [0.25, 0.3) is 5.95 Å². The maximum atomic E-state index is 11.0. The fourth-order valence-corrected chi connectivity index (χ4v) is 1.77. The summed E-state index contributed by atoms with van der Waals surface area (Å²) in [5.41, 5.74) is 5.56. The van der Waals surface area contributed by atoms with E-state index in [9.17, 15) is 8.42 Å². The van der Waals surface area contributed by atoms with E-state index >= 15 is 0 Å². The third kappa shape index (κ3) is 3.88. The van der Waals surface area contributed by atoms with Gasteiger partial charge in [-0.2, -0.15) is 20.1 Å². The predicted octanol–water partition coefficient (Wildman–Crippen LogP) is -0.904. The fourth-order valence-electron chi connectivity index (χ4n) is 1.30. The molecular formula is C9H13N7O2S. The Morgan fingerprint density at radius 2 is 2.16 bits per heavy atom. The van der Waals surface area contributed by atoms with Crippen molar-refractivity contribution in [2.75, 3.05) is 29.6 Å². The first-order valence-electron chi connectivity index (χ1n) is 5.37. The molecule has 102 valence electrons. The zero-order chi connectivity index (χ0) is 13.9. The minimum absolute atomic E-state index is 0.0182. The normalized spacial score (nSPS) is 11.4. The fraction of sp³-hybridized carbons (Fsp3) is 0.333. The van der Waals surface area contributed by atoms with Gasteiger partial charge in [-0.1, -0.05) is 0 Å². The molecule has 0 spiro atoms. The van der Waals surface area contributed by atoms with Crippen molar-refractivity contribution in [3.63, 3.8) is 0 Å². The highest BCUT2D eigenvalue weighted by atomic mass is 32.2. The monoisotopic (exact) mass is 283 g/mol. The molecule has 0 unspecified atom stereocenters. The van der Waals surface area contributed by atoms with Gasteiger partial charge in [0.25, 0.3) is 5.95 Å². The van der Waals surface area contributed by atoms with E-state index in [4.69, 9.17) is 5.73 Å². The lowest BCUT2D eigenvalue weighted by Crippen LogP contribution is -2.17. The molecule has 0 aliphatic heterocycles. The molecule has 2 aromatic heterocycles. The van der Waals surface area contributed by atoms with Gasteiger partial charge in [-0.25, -0.2) is 13.1 Å². The molecule has 0 saturated carbocycles. The number of aromatic nitrogens is 5. The van der Waals surface area contributed by atoms with E-state index in [0.717, 1.165) is 6.26 Å². The van der Waals surface area contributed by atoms with E-state index in [1.807, 2.05) is 0 Å². The number of hydrogen-bond donors (Lipinski definition) is 2. The van der Waals surface area contributed by atoms with Crippen molar-refractivity contribution in [2.24, 2.45) is 0 Å². The molecule has 0 aliphatic carbocycles. The molecule has 2 rings (SSSR count). The molecule has 0 aliphatic rings. The molecule has 0 aromatic carbocycles. The number of nitrogens with one attached hydrogen (secondary N) is 1. The summed E-state index contributed by atoms with van der Waals surface area (Å²) in [5, 5.41) is 6.75. The van der Waals surface area contributed by atoms with Crippen LogP contribution in [0.2, 0.25) is 0 Å². The Morgan fingerprint density at radius 1 is 1.37 bits per heavy atom. The van der Waals surface area contributed by atoms with Gasteiger partial charge in [-0.15, -0.1) is 0 Å². The molecule has 0 fully saturated rings. The first-order valence-corrected chi connectivity index (χ1v) is 7.43. The van der Waals surface area contributed by atoms with Crippen LogP contribution >= 0.6 is 0 Å². The molecule has 0 radical (unpaired) electrons. The predicted molar refractivity (Wildman–Crippen MR) is 69.6 cm³/mol. The van der Waals surface area contributed by atoms with Crippen molar-refractivity contribution >= 4 is 21.7 Å². The average Bonchev–Trinajstić information content (AvgIpc) is 2.79. The standard InChI is InChI=1S/C9H13N7O2S/c1-19(17,18)6-4-11-8-13-7(10)14-9(15-8)16-5-2-3-12-16/h2-3,5H,4,6H2,1H3,(H3,10,11,13,14,15). The van der Waals surface area contributed by atoms with Crippen molar-refractivity contribution in [3.8, 4) is 5.95 Å². The van der Waals surface area contributed by atoms with E-state index in [2.05, 4.69) is 25.4 Å². The summed E-state index contributed by atoms with van der Waals surface area (Å²) < 4.78 is 23.5. The molecule has 9 nitrogen and oxygen atoms in total. The number of nitrogens with zero attached hydrogens (tertiary/aromatic N) is 5. The Morgan fingerprint density at radius 3 is 2.79 bits per heavy atom. The number of nitrogens with two attached hydrogens (primary N) is 1. The molecule has 0 atom stereocenters. The van der Waals surface area contributed by atoms with Gasteiger partial charge in [0.2, 0.25) is 11.9 Å². The summed E-state index contributed by atoms with van der Waals surface area (Å²) in [5.74, 6) is 0.485. The topological polar surface area (TPSA) is 129 Å². The van der Waals surface area contributed by atoms with Gasteiger partial charge in [0.05, 0.1) is 5.75 Å². The molecular weight excluding hydrogens is 270 g/mol. The second-order valence-corrected chi connectivity index (χ2v) is 6.08. The van der Waals surface area contributed by atoms with E-state index < -0.39 is 9.84 Å². The molecule has 19 heavy (non-hydrogen) atoms. The highest BCUT2D eigenvalue weighted by Crippen LogP contribution is 2.05. The number of nitrogen functional groups attached to an aromatic ring is 1. The van der Waals surface area contributed by atoms with Crippen LogP contribution in [0, 0.1) is 0 Å². The Bertz CT molecular complexity index is 653. The van der Waals surface area contributed by atoms with E-state index in [1.54, 1.807) is 18.5 Å². The summed E-state index contributed by atoms with van der Waals surface area (Å²) >= 11 is 0. The smallest absolute Gasteiger partial charge is 0.257 e. The number of rotatable bonds is 5. The van der Waals surface area contributed by atoms with Crippen LogP contribution in [-0.2, 0) is 9.84 Å². The Hall–Kier alpha value is -2.23. The molecule has 0 saturated heterocycles. The minimum Gasteiger partial charge on any atom is -0.368 e. The van der Waals surface area contributed by atoms with Gasteiger partial charge in [0.15, 0.2) is 0 Å². The molecule has 2 heterocycles. The summed E-state index contributed by atoms with van der Waals surface area (Å²) in [6, 6.07) is 1.72. The lowest BCUT2D eigenvalue weighted by molar-refractivity contribution is 0.602. The van der Waals surface area contributed by atoms with Crippen LogP contribution in [0.4, 0.5) is 11.9 Å². The second-order valence-electron chi connectivity index (χ2n) is 3.82. The van der Waals surface area contributed by atoms with Gasteiger partial charge < -0.3 is 11.1 Å². The molecule has 10 heteroatoms. The number of hydrogen-bond acceptors (Lipinski definition) is 8. The van der Waals surface area contributed by atoms with Gasteiger partial charge in [-0.05, 0) is 6.07 Å². The number of sulfone groups is 1. The summed E-state index contributed by atoms with van der Waals surface area (Å²) in [7, 11) is -3.04. The zero-order valence-electron chi connectivity index (χ0n) is 10.2. The molecule has 2 aromatic rings. The number of anilines is 2. The van der Waals surface area contributed by atoms with Gasteiger partial charge in [0.1, 0.15) is 9.84 Å². The maximum absolute atomic E-state index is 11.0. The van der Waals surface area contributed by atoms with E-state index in [-0.39, 0.29) is 30.1 Å².